The second kappa shape index (κ2) is 7.11. The largest absolute Gasteiger partial charge is 0.332 e. The van der Waals surface area contributed by atoms with Crippen LogP contribution in [0.5, 0.6) is 0 Å². The van der Waals surface area contributed by atoms with Crippen LogP contribution >= 0.6 is 0 Å². The Morgan fingerprint density at radius 2 is 1.53 bits per heavy atom. The summed E-state index contributed by atoms with van der Waals surface area (Å²) in [7, 11) is 2.94. The van der Waals surface area contributed by atoms with Gasteiger partial charge in [-0.3, -0.25) is 18.7 Å². The second-order valence-corrected chi connectivity index (χ2v) is 8.09. The van der Waals surface area contributed by atoms with Gasteiger partial charge in [0.2, 0.25) is 17.4 Å². The van der Waals surface area contributed by atoms with E-state index in [1.54, 1.807) is 19.2 Å². The summed E-state index contributed by atoms with van der Waals surface area (Å²) >= 11 is 0. The molecule has 6 aromatic rings. The van der Waals surface area contributed by atoms with Crippen LogP contribution in [0.4, 0.5) is 0 Å². The van der Waals surface area contributed by atoms with Gasteiger partial charge in [-0.15, -0.1) is 5.10 Å². The SMILES string of the molecule is Cn1c(=O)c2c(nc3n(-c4ccccc4)nc(C(=O)c4ccc5ccccc5c4)n23)n(C)c1=O. The quantitative estimate of drug-likeness (QED) is 0.386. The molecule has 0 aliphatic heterocycles. The molecule has 0 bridgehead atoms. The van der Waals surface area contributed by atoms with Crippen molar-refractivity contribution in [3.63, 3.8) is 0 Å². The minimum absolute atomic E-state index is 0.0346. The molecular weight excluding hydrogens is 432 g/mol. The Morgan fingerprint density at radius 3 is 2.29 bits per heavy atom. The lowest BCUT2D eigenvalue weighted by Gasteiger charge is -2.04. The Kier molecular flexibility index (Phi) is 4.15. The molecule has 0 fully saturated rings. The molecule has 3 heterocycles. The van der Waals surface area contributed by atoms with Crippen molar-refractivity contribution in [2.75, 3.05) is 0 Å². The Hall–Kier alpha value is -4.79. The molecule has 0 amide bonds. The van der Waals surface area contributed by atoms with Crippen LogP contribution in [0.1, 0.15) is 16.2 Å². The third-order valence-electron chi connectivity index (χ3n) is 6.05. The fourth-order valence-electron chi connectivity index (χ4n) is 4.26. The number of benzene rings is 3. The zero-order chi connectivity index (χ0) is 23.6. The van der Waals surface area contributed by atoms with Crippen molar-refractivity contribution in [1.82, 2.24) is 28.3 Å². The van der Waals surface area contributed by atoms with Crippen LogP contribution in [0.15, 0.2) is 82.4 Å². The molecule has 0 N–H and O–H groups in total. The topological polar surface area (TPSA) is 96.2 Å². The monoisotopic (exact) mass is 450 g/mol. The summed E-state index contributed by atoms with van der Waals surface area (Å²) in [5, 5.41) is 6.51. The summed E-state index contributed by atoms with van der Waals surface area (Å²) in [4.78, 5) is 44.0. The van der Waals surface area contributed by atoms with E-state index in [0.29, 0.717) is 11.3 Å². The molecule has 9 nitrogen and oxygen atoms in total. The highest BCUT2D eigenvalue weighted by Gasteiger charge is 2.26. The fraction of sp³-hybridized carbons (Fsp3) is 0.0800. The van der Waals surface area contributed by atoms with Crippen LogP contribution in [-0.2, 0) is 14.1 Å². The van der Waals surface area contributed by atoms with Crippen LogP contribution in [0.3, 0.4) is 0 Å². The average molecular weight is 450 g/mol. The zero-order valence-corrected chi connectivity index (χ0v) is 18.3. The molecule has 9 heteroatoms. The van der Waals surface area contributed by atoms with Gasteiger partial charge in [0.15, 0.2) is 11.2 Å². The number of hydrogen-bond acceptors (Lipinski definition) is 5. The van der Waals surface area contributed by atoms with Crippen molar-refractivity contribution in [3.05, 3.63) is 105 Å². The van der Waals surface area contributed by atoms with E-state index in [9.17, 15) is 14.4 Å². The summed E-state index contributed by atoms with van der Waals surface area (Å²) in [6.07, 6.45) is 0. The summed E-state index contributed by atoms with van der Waals surface area (Å²) in [6.45, 7) is 0. The molecule has 0 aliphatic rings. The summed E-state index contributed by atoms with van der Waals surface area (Å²) in [5.74, 6) is -0.0586. The molecule has 0 radical (unpaired) electrons. The van der Waals surface area contributed by atoms with Gasteiger partial charge in [0.25, 0.3) is 5.56 Å². The smallest absolute Gasteiger partial charge is 0.285 e. The maximum absolute atomic E-state index is 13.7. The molecule has 3 aromatic heterocycles. The van der Waals surface area contributed by atoms with E-state index in [0.717, 1.165) is 15.3 Å². The molecule has 0 saturated carbocycles. The first-order valence-corrected chi connectivity index (χ1v) is 10.6. The third-order valence-corrected chi connectivity index (χ3v) is 6.05. The van der Waals surface area contributed by atoms with Crippen molar-refractivity contribution < 1.29 is 4.79 Å². The Balaban J connectivity index is 1.71. The lowest BCUT2D eigenvalue weighted by atomic mass is 10.0. The van der Waals surface area contributed by atoms with Crippen LogP contribution in [0, 0.1) is 0 Å². The first-order valence-electron chi connectivity index (χ1n) is 10.6. The molecule has 166 valence electrons. The van der Waals surface area contributed by atoms with E-state index in [4.69, 9.17) is 0 Å². The van der Waals surface area contributed by atoms with Gasteiger partial charge in [0, 0.05) is 19.7 Å². The van der Waals surface area contributed by atoms with E-state index in [1.807, 2.05) is 60.7 Å². The normalized spacial score (nSPS) is 11.6. The molecule has 0 saturated heterocycles. The Labute approximate surface area is 191 Å². The maximum atomic E-state index is 13.7. The van der Waals surface area contributed by atoms with Gasteiger partial charge >= 0.3 is 5.69 Å². The van der Waals surface area contributed by atoms with Crippen LogP contribution < -0.4 is 11.2 Å². The van der Waals surface area contributed by atoms with Gasteiger partial charge in [0.1, 0.15) is 0 Å². The number of para-hydroxylation sites is 1. The number of rotatable bonds is 3. The van der Waals surface area contributed by atoms with Gasteiger partial charge in [-0.1, -0.05) is 54.6 Å². The molecule has 6 rings (SSSR count). The van der Waals surface area contributed by atoms with Gasteiger partial charge < -0.3 is 0 Å². The van der Waals surface area contributed by atoms with Crippen molar-refractivity contribution >= 4 is 33.5 Å². The second-order valence-electron chi connectivity index (χ2n) is 8.09. The number of nitrogens with zero attached hydrogens (tertiary/aromatic N) is 6. The van der Waals surface area contributed by atoms with Crippen LogP contribution in [0.2, 0.25) is 0 Å². The van der Waals surface area contributed by atoms with Crippen LogP contribution in [0.25, 0.3) is 33.4 Å². The summed E-state index contributed by atoms with van der Waals surface area (Å²) < 4.78 is 5.25. The van der Waals surface area contributed by atoms with Gasteiger partial charge in [-0.05, 0) is 29.0 Å². The first kappa shape index (κ1) is 19.9. The lowest BCUT2D eigenvalue weighted by molar-refractivity contribution is 0.102. The maximum Gasteiger partial charge on any atom is 0.332 e. The molecule has 0 spiro atoms. The standard InChI is InChI=1S/C25H18N6O3/c1-28-21-19(23(33)29(2)25(28)34)30-22(27-31(24(30)26-21)18-10-4-3-5-11-18)20(32)17-13-12-15-8-6-7-9-16(15)14-17/h3-14H,1-2H3. The van der Waals surface area contributed by atoms with E-state index < -0.39 is 11.2 Å². The van der Waals surface area contributed by atoms with Crippen molar-refractivity contribution in [2.45, 2.75) is 0 Å². The number of fused-ring (bicyclic) bond motifs is 4. The van der Waals surface area contributed by atoms with Gasteiger partial charge in [0.05, 0.1) is 5.69 Å². The third kappa shape index (κ3) is 2.70. The lowest BCUT2D eigenvalue weighted by Crippen LogP contribution is -2.37. The van der Waals surface area contributed by atoms with E-state index in [2.05, 4.69) is 10.1 Å². The highest BCUT2D eigenvalue weighted by atomic mass is 16.2. The van der Waals surface area contributed by atoms with E-state index >= 15 is 0 Å². The number of ketones is 1. The number of carbonyl (C=O) groups is 1. The summed E-state index contributed by atoms with van der Waals surface area (Å²) in [5.41, 5.74) is 0.350. The highest BCUT2D eigenvalue weighted by Crippen LogP contribution is 2.22. The average Bonchev–Trinajstić information content (AvgIpc) is 3.44. The minimum atomic E-state index is -0.550. The highest BCUT2D eigenvalue weighted by molar-refractivity contribution is 6.09. The number of aromatic nitrogens is 6. The number of hydrogen-bond donors (Lipinski definition) is 0. The number of aryl methyl sites for hydroxylation is 1. The Bertz CT molecular complexity index is 1890. The number of carbonyl (C=O) groups excluding carboxylic acids is 1. The number of imidazole rings is 1. The van der Waals surface area contributed by atoms with Gasteiger partial charge in [-0.25, -0.2) is 9.20 Å². The van der Waals surface area contributed by atoms with Crippen LogP contribution in [-0.4, -0.2) is 34.1 Å². The molecule has 0 aliphatic carbocycles. The van der Waals surface area contributed by atoms with E-state index in [-0.39, 0.29) is 28.5 Å². The predicted octanol–water partition coefficient (Wildman–Crippen LogP) is 2.45. The minimum Gasteiger partial charge on any atom is -0.285 e. The van der Waals surface area contributed by atoms with Crippen molar-refractivity contribution in [1.29, 1.82) is 0 Å². The van der Waals surface area contributed by atoms with Crippen molar-refractivity contribution in [2.24, 2.45) is 14.1 Å². The molecule has 3 aromatic carbocycles. The zero-order valence-electron chi connectivity index (χ0n) is 18.3. The molecule has 0 atom stereocenters. The summed E-state index contributed by atoms with van der Waals surface area (Å²) in [6, 6.07) is 22.4. The Morgan fingerprint density at radius 1 is 0.824 bits per heavy atom. The fourth-order valence-corrected chi connectivity index (χ4v) is 4.26. The molecule has 34 heavy (non-hydrogen) atoms. The van der Waals surface area contributed by atoms with Crippen molar-refractivity contribution in [3.8, 4) is 5.69 Å². The first-order chi connectivity index (χ1) is 16.5. The molecule has 0 unspecified atom stereocenters. The predicted molar refractivity (Wildman–Crippen MR) is 128 cm³/mol. The molecular formula is C25H18N6O3. The van der Waals surface area contributed by atoms with E-state index in [1.165, 1.54) is 20.7 Å². The van der Waals surface area contributed by atoms with Gasteiger partial charge in [-0.2, -0.15) is 9.67 Å².